The van der Waals surface area contributed by atoms with Gasteiger partial charge in [0.25, 0.3) is 5.91 Å². The third-order valence-corrected chi connectivity index (χ3v) is 5.24. The molecule has 0 fully saturated rings. The van der Waals surface area contributed by atoms with Crippen molar-refractivity contribution in [3.8, 4) is 5.75 Å². The van der Waals surface area contributed by atoms with Crippen LogP contribution in [0.2, 0.25) is 0 Å². The van der Waals surface area contributed by atoms with Crippen LogP contribution < -0.4 is 14.8 Å². The molecule has 0 bridgehead atoms. The highest BCUT2D eigenvalue weighted by molar-refractivity contribution is 7.89. The molecule has 2 aromatic carbocycles. The van der Waals surface area contributed by atoms with Crippen LogP contribution in [0.4, 0.5) is 5.69 Å². The Morgan fingerprint density at radius 3 is 2.59 bits per heavy atom. The van der Waals surface area contributed by atoms with Gasteiger partial charge >= 0.3 is 5.97 Å². The van der Waals surface area contributed by atoms with Crippen molar-refractivity contribution in [2.75, 3.05) is 19.0 Å². The minimum absolute atomic E-state index is 0.00317. The Balaban J connectivity index is 2.08. The van der Waals surface area contributed by atoms with Crippen molar-refractivity contribution in [3.63, 3.8) is 0 Å². The third kappa shape index (κ3) is 5.90. The molecule has 29 heavy (non-hydrogen) atoms. The van der Waals surface area contributed by atoms with E-state index in [1.807, 2.05) is 0 Å². The standard InChI is InChI=1S/C20H22N2O6S/c1-4-12-21-29(25,26)16-9-7-8-15(13-16)20(24)28-14(2)19(23)22-17-10-5-6-11-18(17)27-3/h4-11,13-14,21H,1,12H2,2-3H3,(H,22,23)/t14-/m0/s1. The second-order valence-corrected chi connectivity index (χ2v) is 7.67. The van der Waals surface area contributed by atoms with Crippen molar-refractivity contribution in [1.82, 2.24) is 4.72 Å². The first kappa shape index (κ1) is 22.1. The molecule has 1 atom stereocenters. The number of carbonyl (C=O) groups is 2. The molecule has 0 unspecified atom stereocenters. The molecule has 0 radical (unpaired) electrons. The number of rotatable bonds is 9. The summed E-state index contributed by atoms with van der Waals surface area (Å²) >= 11 is 0. The lowest BCUT2D eigenvalue weighted by atomic mass is 10.2. The molecule has 0 aromatic heterocycles. The molecule has 0 saturated carbocycles. The first-order chi connectivity index (χ1) is 13.8. The number of hydrogen-bond donors (Lipinski definition) is 2. The van der Waals surface area contributed by atoms with E-state index in [1.54, 1.807) is 24.3 Å². The van der Waals surface area contributed by atoms with Gasteiger partial charge in [-0.2, -0.15) is 0 Å². The Hall–Kier alpha value is -3.17. The summed E-state index contributed by atoms with van der Waals surface area (Å²) in [5.74, 6) is -0.919. The maximum Gasteiger partial charge on any atom is 0.338 e. The Kier molecular flexibility index (Phi) is 7.52. The molecule has 8 nitrogen and oxygen atoms in total. The van der Waals surface area contributed by atoms with Gasteiger partial charge in [0.2, 0.25) is 10.0 Å². The highest BCUT2D eigenvalue weighted by Crippen LogP contribution is 2.23. The number of esters is 1. The van der Waals surface area contributed by atoms with Crippen molar-refractivity contribution >= 4 is 27.6 Å². The van der Waals surface area contributed by atoms with E-state index in [9.17, 15) is 18.0 Å². The highest BCUT2D eigenvalue weighted by atomic mass is 32.2. The van der Waals surface area contributed by atoms with Gasteiger partial charge in [0, 0.05) is 6.54 Å². The Morgan fingerprint density at radius 2 is 1.90 bits per heavy atom. The Morgan fingerprint density at radius 1 is 1.17 bits per heavy atom. The van der Waals surface area contributed by atoms with Gasteiger partial charge in [0.15, 0.2) is 6.10 Å². The third-order valence-electron chi connectivity index (χ3n) is 3.82. The van der Waals surface area contributed by atoms with Gasteiger partial charge in [-0.3, -0.25) is 4.79 Å². The average molecular weight is 418 g/mol. The van der Waals surface area contributed by atoms with Gasteiger partial charge < -0.3 is 14.8 Å². The number of methoxy groups -OCH3 is 1. The number of sulfonamides is 1. The zero-order chi connectivity index (χ0) is 21.4. The highest BCUT2D eigenvalue weighted by Gasteiger charge is 2.21. The van der Waals surface area contributed by atoms with Crippen molar-refractivity contribution in [3.05, 3.63) is 66.7 Å². The molecule has 0 aliphatic rings. The lowest BCUT2D eigenvalue weighted by Crippen LogP contribution is -2.30. The van der Waals surface area contributed by atoms with Gasteiger partial charge in [-0.15, -0.1) is 6.58 Å². The van der Waals surface area contributed by atoms with E-state index in [4.69, 9.17) is 9.47 Å². The normalized spacial score (nSPS) is 11.9. The number of amides is 1. The van der Waals surface area contributed by atoms with Gasteiger partial charge in [-0.25, -0.2) is 17.9 Å². The molecule has 0 spiro atoms. The molecule has 0 aliphatic heterocycles. The predicted molar refractivity (Wildman–Crippen MR) is 108 cm³/mol. The van der Waals surface area contributed by atoms with Crippen LogP contribution in [0.5, 0.6) is 5.75 Å². The van der Waals surface area contributed by atoms with Crippen LogP contribution >= 0.6 is 0 Å². The Labute approximate surface area is 169 Å². The summed E-state index contributed by atoms with van der Waals surface area (Å²) in [5, 5.41) is 2.62. The van der Waals surface area contributed by atoms with E-state index >= 15 is 0 Å². The SMILES string of the molecule is C=CCNS(=O)(=O)c1cccc(C(=O)O[C@@H](C)C(=O)Nc2ccccc2OC)c1. The number of nitrogens with one attached hydrogen (secondary N) is 2. The maximum atomic E-state index is 12.4. The van der Waals surface area contributed by atoms with Gasteiger partial charge in [0.05, 0.1) is 23.3 Å². The summed E-state index contributed by atoms with van der Waals surface area (Å²) < 4.78 is 37.0. The zero-order valence-corrected chi connectivity index (χ0v) is 16.9. The van der Waals surface area contributed by atoms with Crippen LogP contribution in [0.25, 0.3) is 0 Å². The number of carbonyl (C=O) groups excluding carboxylic acids is 2. The van der Waals surface area contributed by atoms with Crippen LogP contribution in [0.3, 0.4) is 0 Å². The van der Waals surface area contributed by atoms with E-state index in [1.165, 1.54) is 44.4 Å². The van der Waals surface area contributed by atoms with Crippen molar-refractivity contribution in [2.24, 2.45) is 0 Å². The number of para-hydroxylation sites is 2. The second kappa shape index (κ2) is 9.85. The fraction of sp³-hybridized carbons (Fsp3) is 0.200. The predicted octanol–water partition coefficient (Wildman–Crippen LogP) is 2.34. The summed E-state index contributed by atoms with van der Waals surface area (Å²) in [6, 6.07) is 12.1. The molecule has 0 saturated heterocycles. The van der Waals surface area contributed by atoms with E-state index in [0.29, 0.717) is 11.4 Å². The molecule has 2 aromatic rings. The van der Waals surface area contributed by atoms with E-state index in [2.05, 4.69) is 16.6 Å². The van der Waals surface area contributed by atoms with E-state index in [0.717, 1.165) is 0 Å². The lowest BCUT2D eigenvalue weighted by molar-refractivity contribution is -0.123. The van der Waals surface area contributed by atoms with Gasteiger partial charge in [-0.1, -0.05) is 24.3 Å². The van der Waals surface area contributed by atoms with E-state index < -0.39 is 28.0 Å². The van der Waals surface area contributed by atoms with Crippen LogP contribution in [-0.2, 0) is 19.6 Å². The minimum atomic E-state index is -3.79. The monoisotopic (exact) mass is 418 g/mol. The summed E-state index contributed by atoms with van der Waals surface area (Å²) in [5.41, 5.74) is 0.438. The van der Waals surface area contributed by atoms with Crippen LogP contribution in [-0.4, -0.2) is 40.1 Å². The quantitative estimate of drug-likeness (QED) is 0.478. The molecular weight excluding hydrogens is 396 g/mol. The van der Waals surface area contributed by atoms with E-state index in [-0.39, 0.29) is 17.0 Å². The molecule has 154 valence electrons. The largest absolute Gasteiger partial charge is 0.495 e. The van der Waals surface area contributed by atoms with Crippen LogP contribution in [0.15, 0.2) is 66.1 Å². The average Bonchev–Trinajstić information content (AvgIpc) is 2.72. The van der Waals surface area contributed by atoms with Crippen LogP contribution in [0.1, 0.15) is 17.3 Å². The zero-order valence-electron chi connectivity index (χ0n) is 16.0. The second-order valence-electron chi connectivity index (χ2n) is 5.91. The summed E-state index contributed by atoms with van der Waals surface area (Å²) in [4.78, 5) is 24.6. The Bertz CT molecular complexity index is 1000. The van der Waals surface area contributed by atoms with Gasteiger partial charge in [0.1, 0.15) is 5.75 Å². The van der Waals surface area contributed by atoms with Crippen LogP contribution in [0, 0.1) is 0 Å². The smallest absolute Gasteiger partial charge is 0.338 e. The summed E-state index contributed by atoms with van der Waals surface area (Å²) in [6.07, 6.45) is 0.282. The first-order valence-electron chi connectivity index (χ1n) is 8.64. The number of benzene rings is 2. The molecular formula is C20H22N2O6S. The molecule has 9 heteroatoms. The number of ether oxygens (including phenoxy) is 2. The van der Waals surface area contributed by atoms with Crippen molar-refractivity contribution in [2.45, 2.75) is 17.9 Å². The molecule has 2 N–H and O–H groups in total. The van der Waals surface area contributed by atoms with Gasteiger partial charge in [-0.05, 0) is 37.3 Å². The first-order valence-corrected chi connectivity index (χ1v) is 10.1. The molecule has 1 amide bonds. The lowest BCUT2D eigenvalue weighted by Gasteiger charge is -2.15. The summed E-state index contributed by atoms with van der Waals surface area (Å²) in [6.45, 7) is 4.91. The summed E-state index contributed by atoms with van der Waals surface area (Å²) in [7, 11) is -2.32. The molecule has 0 aliphatic carbocycles. The fourth-order valence-electron chi connectivity index (χ4n) is 2.31. The molecule has 2 rings (SSSR count). The molecule has 0 heterocycles. The number of hydrogen-bond acceptors (Lipinski definition) is 6. The van der Waals surface area contributed by atoms with Crippen molar-refractivity contribution in [1.29, 1.82) is 0 Å². The topological polar surface area (TPSA) is 111 Å². The maximum absolute atomic E-state index is 12.4. The number of anilines is 1. The fourth-order valence-corrected chi connectivity index (χ4v) is 3.35. The minimum Gasteiger partial charge on any atom is -0.495 e. The van der Waals surface area contributed by atoms with Crippen molar-refractivity contribution < 1.29 is 27.5 Å².